The van der Waals surface area contributed by atoms with Crippen molar-refractivity contribution in [1.82, 2.24) is 14.5 Å². The number of aromatic nitrogens is 2. The molecule has 0 bridgehead atoms. The van der Waals surface area contributed by atoms with E-state index in [-0.39, 0.29) is 23.7 Å². The van der Waals surface area contributed by atoms with Gasteiger partial charge >= 0.3 is 5.97 Å². The third kappa shape index (κ3) is 5.12. The van der Waals surface area contributed by atoms with E-state index >= 15 is 0 Å². The molecule has 1 saturated heterocycles. The minimum atomic E-state index is -1.01. The van der Waals surface area contributed by atoms with Gasteiger partial charge in [-0.05, 0) is 69.1 Å². The normalized spacial score (nSPS) is 17.2. The second kappa shape index (κ2) is 11.3. The van der Waals surface area contributed by atoms with Gasteiger partial charge in [0.2, 0.25) is 0 Å². The molecule has 6 rings (SSSR count). The standard InChI is InChI=1S/C32H31FN4O5/c1-3-40-27-15-21(32(38)39)14-25-30(27)35-29(36(25)2)17-37-11-9-20(10-12-37)22-5-4-6-26-31(22)42-28(18-41-26)23-8-7-19(16-34)13-24(23)33/h4-8,13-15,20,28H,3,9-12,17-18H2,1-2H3,(H,38,39)/t28-/m0/s1. The number of nitriles is 1. The number of benzene rings is 3. The number of imidazole rings is 1. The molecular formula is C32H31FN4O5. The topological polar surface area (TPSA) is 110 Å². The highest BCUT2D eigenvalue weighted by molar-refractivity contribution is 5.95. The summed E-state index contributed by atoms with van der Waals surface area (Å²) in [5.41, 5.74) is 3.24. The van der Waals surface area contributed by atoms with Crippen molar-refractivity contribution in [1.29, 1.82) is 5.26 Å². The predicted octanol–water partition coefficient (Wildman–Crippen LogP) is 5.57. The molecule has 0 amide bonds. The SMILES string of the molecule is CCOc1cc(C(=O)O)cc2c1nc(CN1CCC(c3cccc4c3O[C@H](c3ccc(C#N)cc3F)CO4)CC1)n2C. The van der Waals surface area contributed by atoms with Crippen LogP contribution in [-0.4, -0.2) is 51.8 Å². The number of aryl methyl sites for hydroxylation is 1. The Balaban J connectivity index is 1.17. The zero-order valence-electron chi connectivity index (χ0n) is 23.5. The third-order valence-corrected chi connectivity index (χ3v) is 8.12. The summed E-state index contributed by atoms with van der Waals surface area (Å²) in [6, 6.07) is 15.4. The number of carboxylic acid groups (broad SMARTS) is 1. The smallest absolute Gasteiger partial charge is 0.335 e. The van der Waals surface area contributed by atoms with Crippen LogP contribution in [0.5, 0.6) is 17.2 Å². The van der Waals surface area contributed by atoms with E-state index in [0.29, 0.717) is 41.5 Å². The maximum Gasteiger partial charge on any atom is 0.335 e. The Bertz CT molecular complexity index is 1700. The highest BCUT2D eigenvalue weighted by Crippen LogP contribution is 2.45. The molecule has 1 aromatic heterocycles. The van der Waals surface area contributed by atoms with E-state index in [1.165, 1.54) is 12.1 Å². The number of ether oxygens (including phenoxy) is 3. The summed E-state index contributed by atoms with van der Waals surface area (Å²) >= 11 is 0. The van der Waals surface area contributed by atoms with Crippen LogP contribution in [0.1, 0.15) is 64.7 Å². The van der Waals surface area contributed by atoms with Crippen molar-refractivity contribution >= 4 is 17.0 Å². The van der Waals surface area contributed by atoms with Gasteiger partial charge in [-0.3, -0.25) is 4.90 Å². The molecule has 1 atom stereocenters. The number of hydrogen-bond acceptors (Lipinski definition) is 7. The molecule has 4 aromatic rings. The van der Waals surface area contributed by atoms with Crippen LogP contribution in [-0.2, 0) is 13.6 Å². The zero-order chi connectivity index (χ0) is 29.4. The number of carbonyl (C=O) groups is 1. The number of nitrogens with zero attached hydrogens (tertiary/aromatic N) is 4. The van der Waals surface area contributed by atoms with Crippen LogP contribution in [0.25, 0.3) is 11.0 Å². The molecule has 1 N–H and O–H groups in total. The van der Waals surface area contributed by atoms with Gasteiger partial charge in [0.1, 0.15) is 29.5 Å². The van der Waals surface area contributed by atoms with Gasteiger partial charge < -0.3 is 23.9 Å². The molecule has 2 aliphatic heterocycles. The van der Waals surface area contributed by atoms with Crippen molar-refractivity contribution in [3.8, 4) is 23.3 Å². The van der Waals surface area contributed by atoms with Crippen molar-refractivity contribution in [2.45, 2.75) is 38.3 Å². The Hall–Kier alpha value is -4.62. The van der Waals surface area contributed by atoms with E-state index in [9.17, 15) is 14.3 Å². The largest absolute Gasteiger partial charge is 0.492 e. The number of para-hydroxylation sites is 1. The number of hydrogen-bond donors (Lipinski definition) is 1. The number of carboxylic acids is 1. The highest BCUT2D eigenvalue weighted by atomic mass is 19.1. The Morgan fingerprint density at radius 2 is 2.00 bits per heavy atom. The van der Waals surface area contributed by atoms with E-state index in [0.717, 1.165) is 42.8 Å². The van der Waals surface area contributed by atoms with Gasteiger partial charge in [0, 0.05) is 18.2 Å². The first-order chi connectivity index (χ1) is 20.4. The van der Waals surface area contributed by atoms with Crippen molar-refractivity contribution in [3.05, 3.63) is 82.4 Å². The van der Waals surface area contributed by atoms with Crippen molar-refractivity contribution in [2.75, 3.05) is 26.3 Å². The number of piperidine rings is 1. The second-order valence-corrected chi connectivity index (χ2v) is 10.7. The lowest BCUT2D eigenvalue weighted by Crippen LogP contribution is -2.33. The van der Waals surface area contributed by atoms with Crippen LogP contribution in [0.2, 0.25) is 0 Å². The molecule has 1 fully saturated rings. The fourth-order valence-electron chi connectivity index (χ4n) is 5.88. The lowest BCUT2D eigenvalue weighted by atomic mass is 9.88. The van der Waals surface area contributed by atoms with Gasteiger partial charge in [-0.15, -0.1) is 0 Å². The lowest BCUT2D eigenvalue weighted by molar-refractivity contribution is 0.0696. The first kappa shape index (κ1) is 27.5. The van der Waals surface area contributed by atoms with Crippen LogP contribution < -0.4 is 14.2 Å². The van der Waals surface area contributed by atoms with Gasteiger partial charge in [-0.2, -0.15) is 5.26 Å². The Morgan fingerprint density at radius 1 is 1.19 bits per heavy atom. The fraction of sp³-hybridized carbons (Fsp3) is 0.344. The fourth-order valence-corrected chi connectivity index (χ4v) is 5.88. The van der Waals surface area contributed by atoms with E-state index in [4.69, 9.17) is 24.5 Å². The number of halogens is 1. The molecule has 3 heterocycles. The van der Waals surface area contributed by atoms with E-state index < -0.39 is 17.9 Å². The molecule has 0 aliphatic carbocycles. The summed E-state index contributed by atoms with van der Waals surface area (Å²) in [7, 11) is 1.90. The van der Waals surface area contributed by atoms with E-state index in [2.05, 4.69) is 11.0 Å². The highest BCUT2D eigenvalue weighted by Gasteiger charge is 2.31. The zero-order valence-corrected chi connectivity index (χ0v) is 23.5. The maximum atomic E-state index is 14.8. The molecule has 0 saturated carbocycles. The monoisotopic (exact) mass is 570 g/mol. The van der Waals surface area contributed by atoms with Crippen molar-refractivity contribution in [2.24, 2.45) is 7.05 Å². The maximum absolute atomic E-state index is 14.8. The molecule has 0 radical (unpaired) electrons. The Morgan fingerprint density at radius 3 is 2.71 bits per heavy atom. The van der Waals surface area contributed by atoms with Gasteiger partial charge in [0.25, 0.3) is 0 Å². The van der Waals surface area contributed by atoms with Crippen LogP contribution in [0.4, 0.5) is 4.39 Å². The number of likely N-dealkylation sites (tertiary alicyclic amines) is 1. The third-order valence-electron chi connectivity index (χ3n) is 8.12. The van der Waals surface area contributed by atoms with Gasteiger partial charge in [0.05, 0.1) is 35.9 Å². The molecule has 216 valence electrons. The van der Waals surface area contributed by atoms with Crippen molar-refractivity contribution < 1.29 is 28.5 Å². The average Bonchev–Trinajstić information content (AvgIpc) is 3.32. The van der Waals surface area contributed by atoms with Crippen LogP contribution >= 0.6 is 0 Å². The van der Waals surface area contributed by atoms with Gasteiger partial charge in [-0.1, -0.05) is 18.2 Å². The summed E-state index contributed by atoms with van der Waals surface area (Å²) < 4.78 is 34.8. The summed E-state index contributed by atoms with van der Waals surface area (Å²) in [6.45, 7) is 4.77. The Labute approximate surface area is 242 Å². The molecular weight excluding hydrogens is 539 g/mol. The molecule has 0 spiro atoms. The molecule has 10 heteroatoms. The van der Waals surface area contributed by atoms with Crippen LogP contribution in [0.15, 0.2) is 48.5 Å². The number of aromatic carboxylic acids is 1. The first-order valence-electron chi connectivity index (χ1n) is 14.1. The molecule has 42 heavy (non-hydrogen) atoms. The summed E-state index contributed by atoms with van der Waals surface area (Å²) in [6.07, 6.45) is 1.19. The minimum Gasteiger partial charge on any atom is -0.492 e. The quantitative estimate of drug-likeness (QED) is 0.307. The Kier molecular flexibility index (Phi) is 7.43. The summed E-state index contributed by atoms with van der Waals surface area (Å²) in [4.78, 5) is 18.8. The van der Waals surface area contributed by atoms with E-state index in [1.807, 2.05) is 36.7 Å². The summed E-state index contributed by atoms with van der Waals surface area (Å²) in [5, 5.41) is 18.6. The van der Waals surface area contributed by atoms with Gasteiger partial charge in [-0.25, -0.2) is 14.2 Å². The second-order valence-electron chi connectivity index (χ2n) is 10.7. The van der Waals surface area contributed by atoms with E-state index in [1.54, 1.807) is 18.2 Å². The summed E-state index contributed by atoms with van der Waals surface area (Å²) in [5.74, 6) is 1.39. The lowest BCUT2D eigenvalue weighted by Gasteiger charge is -2.35. The van der Waals surface area contributed by atoms with Gasteiger partial charge in [0.15, 0.2) is 17.6 Å². The van der Waals surface area contributed by atoms with Crippen molar-refractivity contribution in [3.63, 3.8) is 0 Å². The predicted molar refractivity (Wildman–Crippen MR) is 153 cm³/mol. The number of fused-ring (bicyclic) bond motifs is 2. The molecule has 0 unspecified atom stereocenters. The van der Waals surface area contributed by atoms with Crippen LogP contribution in [0.3, 0.4) is 0 Å². The minimum absolute atomic E-state index is 0.169. The first-order valence-corrected chi connectivity index (χ1v) is 14.1. The molecule has 9 nitrogen and oxygen atoms in total. The molecule has 3 aromatic carbocycles. The average molecular weight is 571 g/mol. The van der Waals surface area contributed by atoms with Crippen LogP contribution in [0, 0.1) is 17.1 Å². The molecule has 2 aliphatic rings. The number of rotatable bonds is 7.